The first-order chi connectivity index (χ1) is 9.52. The molecule has 100 valence electrons. The molecule has 0 radical (unpaired) electrons. The van der Waals surface area contributed by atoms with Gasteiger partial charge >= 0.3 is 0 Å². The van der Waals surface area contributed by atoms with Crippen LogP contribution in [0.3, 0.4) is 0 Å². The lowest BCUT2D eigenvalue weighted by atomic mass is 10.0. The van der Waals surface area contributed by atoms with Crippen molar-refractivity contribution in [3.63, 3.8) is 0 Å². The van der Waals surface area contributed by atoms with E-state index in [-0.39, 0.29) is 11.5 Å². The number of amides is 1. The summed E-state index contributed by atoms with van der Waals surface area (Å²) in [4.78, 5) is 12.3. The van der Waals surface area contributed by atoms with Crippen molar-refractivity contribution in [3.05, 3.63) is 64.5 Å². The fraction of sp³-hybridized carbons (Fsp3) is 0.125. The van der Waals surface area contributed by atoms with E-state index in [2.05, 4.69) is 5.32 Å². The number of hydrogen-bond donors (Lipinski definition) is 1. The minimum absolute atomic E-state index is 0.0932. The Balaban J connectivity index is 2.31. The smallest absolute Gasteiger partial charge is 0.256 e. The Morgan fingerprint density at radius 2 is 1.85 bits per heavy atom. The van der Waals surface area contributed by atoms with Crippen LogP contribution >= 0.6 is 0 Å². The molecular weight excluding hydrogens is 255 g/mol. The van der Waals surface area contributed by atoms with Crippen molar-refractivity contribution < 1.29 is 9.18 Å². The molecule has 0 bridgehead atoms. The van der Waals surface area contributed by atoms with Gasteiger partial charge < -0.3 is 5.32 Å². The predicted molar refractivity (Wildman–Crippen MR) is 75.0 cm³/mol. The van der Waals surface area contributed by atoms with Crippen molar-refractivity contribution >= 4 is 11.6 Å². The summed E-state index contributed by atoms with van der Waals surface area (Å²) in [5.74, 6) is -0.867. The van der Waals surface area contributed by atoms with Gasteiger partial charge in [0, 0.05) is 11.3 Å². The zero-order valence-electron chi connectivity index (χ0n) is 11.2. The Morgan fingerprint density at radius 3 is 2.45 bits per heavy atom. The van der Waals surface area contributed by atoms with Gasteiger partial charge in [-0.2, -0.15) is 5.26 Å². The van der Waals surface area contributed by atoms with Gasteiger partial charge in [0.05, 0.1) is 5.56 Å². The highest BCUT2D eigenvalue weighted by molar-refractivity contribution is 6.06. The standard InChI is InChI=1S/C16H13FN2O/c1-10-4-3-5-11(2)15(10)16(20)19-13-6-7-14(17)12(8-13)9-18/h3-8H,1-2H3,(H,19,20). The molecule has 4 heteroatoms. The number of anilines is 1. The van der Waals surface area contributed by atoms with Crippen molar-refractivity contribution in [1.82, 2.24) is 0 Å². The Kier molecular flexibility index (Phi) is 3.81. The first-order valence-corrected chi connectivity index (χ1v) is 6.10. The Hall–Kier alpha value is -2.67. The number of hydrogen-bond acceptors (Lipinski definition) is 2. The molecule has 2 aromatic rings. The molecule has 2 aromatic carbocycles. The van der Waals surface area contributed by atoms with Gasteiger partial charge in [0.15, 0.2) is 0 Å². The molecule has 0 unspecified atom stereocenters. The lowest BCUT2D eigenvalue weighted by Crippen LogP contribution is -2.15. The molecule has 0 saturated heterocycles. The van der Waals surface area contributed by atoms with Crippen molar-refractivity contribution in [2.75, 3.05) is 5.32 Å². The number of carbonyl (C=O) groups excluding carboxylic acids is 1. The summed E-state index contributed by atoms with van der Waals surface area (Å²) >= 11 is 0. The van der Waals surface area contributed by atoms with Crippen LogP contribution in [0.1, 0.15) is 27.0 Å². The number of benzene rings is 2. The summed E-state index contributed by atoms with van der Waals surface area (Å²) in [6.45, 7) is 3.71. The maximum atomic E-state index is 13.2. The van der Waals surface area contributed by atoms with E-state index >= 15 is 0 Å². The molecule has 1 N–H and O–H groups in total. The topological polar surface area (TPSA) is 52.9 Å². The number of aryl methyl sites for hydroxylation is 2. The van der Waals surface area contributed by atoms with E-state index in [1.807, 2.05) is 32.0 Å². The minimum atomic E-state index is -0.599. The zero-order chi connectivity index (χ0) is 14.7. The normalized spacial score (nSPS) is 9.90. The fourth-order valence-corrected chi connectivity index (χ4v) is 2.05. The van der Waals surface area contributed by atoms with Crippen molar-refractivity contribution in [2.24, 2.45) is 0 Å². The molecule has 3 nitrogen and oxygen atoms in total. The molecule has 0 aliphatic heterocycles. The Morgan fingerprint density at radius 1 is 1.20 bits per heavy atom. The van der Waals surface area contributed by atoms with Crippen molar-refractivity contribution in [2.45, 2.75) is 13.8 Å². The summed E-state index contributed by atoms with van der Waals surface area (Å²) in [5.41, 5.74) is 2.63. The largest absolute Gasteiger partial charge is 0.322 e. The summed E-state index contributed by atoms with van der Waals surface area (Å²) in [5, 5.41) is 11.5. The van der Waals surface area contributed by atoms with E-state index in [9.17, 15) is 9.18 Å². The second kappa shape index (κ2) is 5.54. The second-order valence-corrected chi connectivity index (χ2v) is 4.53. The summed E-state index contributed by atoms with van der Waals surface area (Å²) in [7, 11) is 0. The maximum Gasteiger partial charge on any atom is 0.256 e. The molecule has 2 rings (SSSR count). The van der Waals surface area contributed by atoms with Crippen LogP contribution in [0.5, 0.6) is 0 Å². The average molecular weight is 268 g/mol. The number of nitrogens with one attached hydrogen (secondary N) is 1. The number of nitrogens with zero attached hydrogens (tertiary/aromatic N) is 1. The molecule has 0 saturated carbocycles. The monoisotopic (exact) mass is 268 g/mol. The van der Waals surface area contributed by atoms with Crippen molar-refractivity contribution in [1.29, 1.82) is 5.26 Å². The van der Waals surface area contributed by atoms with E-state index in [0.29, 0.717) is 11.3 Å². The molecule has 0 heterocycles. The number of carbonyl (C=O) groups is 1. The summed E-state index contributed by atoms with van der Waals surface area (Å²) in [6, 6.07) is 11.3. The van der Waals surface area contributed by atoms with E-state index in [0.717, 1.165) is 11.1 Å². The molecule has 0 aliphatic rings. The van der Waals surface area contributed by atoms with Crippen LogP contribution in [0.15, 0.2) is 36.4 Å². The van der Waals surface area contributed by atoms with Crippen LogP contribution in [-0.2, 0) is 0 Å². The van der Waals surface area contributed by atoms with Gasteiger partial charge in [0.2, 0.25) is 0 Å². The highest BCUT2D eigenvalue weighted by atomic mass is 19.1. The average Bonchev–Trinajstić information content (AvgIpc) is 2.40. The van der Waals surface area contributed by atoms with E-state index < -0.39 is 5.82 Å². The molecule has 1 amide bonds. The molecule has 0 atom stereocenters. The Bertz CT molecular complexity index is 697. The minimum Gasteiger partial charge on any atom is -0.322 e. The Labute approximate surface area is 116 Å². The van der Waals surface area contributed by atoms with Gasteiger partial charge in [0.25, 0.3) is 5.91 Å². The lowest BCUT2D eigenvalue weighted by Gasteiger charge is -2.10. The van der Waals surface area contributed by atoms with Crippen LogP contribution < -0.4 is 5.32 Å². The number of nitriles is 1. The van der Waals surface area contributed by atoms with Gasteiger partial charge in [-0.25, -0.2) is 4.39 Å². The molecular formula is C16H13FN2O. The number of rotatable bonds is 2. The van der Waals surface area contributed by atoms with Crippen molar-refractivity contribution in [3.8, 4) is 6.07 Å². The van der Waals surface area contributed by atoms with Crippen LogP contribution in [0, 0.1) is 31.0 Å². The zero-order valence-corrected chi connectivity index (χ0v) is 11.2. The van der Waals surface area contributed by atoms with Gasteiger partial charge in [-0.1, -0.05) is 18.2 Å². The quantitative estimate of drug-likeness (QED) is 0.905. The van der Waals surface area contributed by atoms with Crippen LogP contribution in [0.2, 0.25) is 0 Å². The second-order valence-electron chi connectivity index (χ2n) is 4.53. The van der Waals surface area contributed by atoms with Gasteiger partial charge in [-0.3, -0.25) is 4.79 Å². The first-order valence-electron chi connectivity index (χ1n) is 6.10. The van der Waals surface area contributed by atoms with Crippen LogP contribution in [0.4, 0.5) is 10.1 Å². The van der Waals surface area contributed by atoms with Crippen LogP contribution in [-0.4, -0.2) is 5.91 Å². The highest BCUT2D eigenvalue weighted by Gasteiger charge is 2.12. The summed E-state index contributed by atoms with van der Waals surface area (Å²) in [6.07, 6.45) is 0. The van der Waals surface area contributed by atoms with E-state index in [1.54, 1.807) is 6.07 Å². The molecule has 0 spiro atoms. The van der Waals surface area contributed by atoms with E-state index in [4.69, 9.17) is 5.26 Å². The van der Waals surface area contributed by atoms with Crippen LogP contribution in [0.25, 0.3) is 0 Å². The first kappa shape index (κ1) is 13.8. The molecule has 0 fully saturated rings. The third kappa shape index (κ3) is 2.67. The third-order valence-electron chi connectivity index (χ3n) is 3.05. The van der Waals surface area contributed by atoms with Gasteiger partial charge in [-0.15, -0.1) is 0 Å². The molecule has 20 heavy (non-hydrogen) atoms. The molecule has 0 aliphatic carbocycles. The SMILES string of the molecule is Cc1cccc(C)c1C(=O)Nc1ccc(F)c(C#N)c1. The van der Waals surface area contributed by atoms with E-state index in [1.165, 1.54) is 18.2 Å². The fourth-order valence-electron chi connectivity index (χ4n) is 2.05. The molecule has 0 aromatic heterocycles. The third-order valence-corrected chi connectivity index (χ3v) is 3.05. The predicted octanol–water partition coefficient (Wildman–Crippen LogP) is 3.57. The lowest BCUT2D eigenvalue weighted by molar-refractivity contribution is 0.102. The summed E-state index contributed by atoms with van der Waals surface area (Å²) < 4.78 is 13.2. The number of halogens is 1. The highest BCUT2D eigenvalue weighted by Crippen LogP contribution is 2.18. The maximum absolute atomic E-state index is 13.2. The van der Waals surface area contributed by atoms with Gasteiger partial charge in [-0.05, 0) is 43.2 Å². The van der Waals surface area contributed by atoms with Gasteiger partial charge in [0.1, 0.15) is 11.9 Å².